The van der Waals surface area contributed by atoms with Crippen LogP contribution < -0.4 is 0 Å². The summed E-state index contributed by atoms with van der Waals surface area (Å²) in [6, 6.07) is 5.88. The first-order valence-corrected chi connectivity index (χ1v) is 5.41. The lowest BCUT2D eigenvalue weighted by atomic mass is 10.0. The summed E-state index contributed by atoms with van der Waals surface area (Å²) in [5.74, 6) is 0.596. The van der Waals surface area contributed by atoms with Gasteiger partial charge in [-0.3, -0.25) is 4.79 Å². The number of aldehydes is 1. The standard InChI is InChI=1S/C13H15ClO/c1-10(2)8-12-6-5-11(4-3-7-15)9-13(12)14/h3-7,9-10H,8H2,1-2H3/b4-3+. The van der Waals surface area contributed by atoms with Crippen LogP contribution in [0.4, 0.5) is 0 Å². The zero-order valence-corrected chi connectivity index (χ0v) is 9.79. The fourth-order valence-electron chi connectivity index (χ4n) is 1.42. The lowest BCUT2D eigenvalue weighted by Gasteiger charge is -2.07. The van der Waals surface area contributed by atoms with Crippen molar-refractivity contribution >= 4 is 24.0 Å². The first-order chi connectivity index (χ1) is 7.13. The van der Waals surface area contributed by atoms with Gasteiger partial charge >= 0.3 is 0 Å². The number of carbonyl (C=O) groups is 1. The molecule has 15 heavy (non-hydrogen) atoms. The van der Waals surface area contributed by atoms with Crippen LogP contribution in [0, 0.1) is 5.92 Å². The average molecular weight is 223 g/mol. The normalized spacial score (nSPS) is 11.2. The largest absolute Gasteiger partial charge is 0.299 e. The van der Waals surface area contributed by atoms with Gasteiger partial charge in [-0.25, -0.2) is 0 Å². The highest BCUT2D eigenvalue weighted by Crippen LogP contribution is 2.21. The highest BCUT2D eigenvalue weighted by Gasteiger charge is 2.03. The Bertz CT molecular complexity index is 367. The Morgan fingerprint density at radius 1 is 1.40 bits per heavy atom. The molecule has 1 rings (SSSR count). The Balaban J connectivity index is 2.87. The van der Waals surface area contributed by atoms with Gasteiger partial charge in [0.25, 0.3) is 0 Å². The van der Waals surface area contributed by atoms with E-state index in [1.165, 1.54) is 6.08 Å². The third-order valence-corrected chi connectivity index (χ3v) is 2.42. The summed E-state index contributed by atoms with van der Waals surface area (Å²) >= 11 is 6.13. The van der Waals surface area contributed by atoms with Gasteiger partial charge in [-0.15, -0.1) is 0 Å². The molecule has 0 atom stereocenters. The van der Waals surface area contributed by atoms with Gasteiger partial charge in [0.1, 0.15) is 6.29 Å². The summed E-state index contributed by atoms with van der Waals surface area (Å²) < 4.78 is 0. The van der Waals surface area contributed by atoms with Gasteiger partial charge in [-0.05, 0) is 35.6 Å². The molecule has 0 radical (unpaired) electrons. The third kappa shape index (κ3) is 3.88. The van der Waals surface area contributed by atoms with E-state index < -0.39 is 0 Å². The predicted octanol–water partition coefficient (Wildman–Crippen LogP) is 3.75. The Morgan fingerprint density at radius 3 is 2.67 bits per heavy atom. The van der Waals surface area contributed by atoms with Crippen LogP contribution >= 0.6 is 11.6 Å². The molecule has 0 aliphatic carbocycles. The maximum Gasteiger partial charge on any atom is 0.142 e. The van der Waals surface area contributed by atoms with Crippen molar-refractivity contribution in [3.8, 4) is 0 Å². The summed E-state index contributed by atoms with van der Waals surface area (Å²) in [7, 11) is 0. The minimum Gasteiger partial charge on any atom is -0.299 e. The Hall–Kier alpha value is -1.08. The van der Waals surface area contributed by atoms with Crippen molar-refractivity contribution in [2.24, 2.45) is 5.92 Å². The second-order valence-corrected chi connectivity index (χ2v) is 4.35. The van der Waals surface area contributed by atoms with Crippen molar-refractivity contribution in [2.75, 3.05) is 0 Å². The van der Waals surface area contributed by atoms with E-state index in [1.807, 2.05) is 18.2 Å². The second kappa shape index (κ2) is 5.72. The molecule has 0 amide bonds. The molecule has 1 nitrogen and oxygen atoms in total. The number of allylic oxidation sites excluding steroid dienone is 1. The number of rotatable bonds is 4. The maximum absolute atomic E-state index is 10.2. The van der Waals surface area contributed by atoms with Gasteiger partial charge in [0, 0.05) is 5.02 Å². The maximum atomic E-state index is 10.2. The SMILES string of the molecule is CC(C)Cc1ccc(/C=C/C=O)cc1Cl. The van der Waals surface area contributed by atoms with Crippen LogP contribution in [-0.4, -0.2) is 6.29 Å². The number of hydrogen-bond donors (Lipinski definition) is 0. The number of hydrogen-bond acceptors (Lipinski definition) is 1. The fourth-order valence-corrected chi connectivity index (χ4v) is 1.69. The van der Waals surface area contributed by atoms with Crippen molar-refractivity contribution in [3.63, 3.8) is 0 Å². The van der Waals surface area contributed by atoms with Crippen molar-refractivity contribution in [1.82, 2.24) is 0 Å². The molecule has 0 unspecified atom stereocenters. The van der Waals surface area contributed by atoms with Crippen LogP contribution in [0.5, 0.6) is 0 Å². The van der Waals surface area contributed by atoms with Crippen LogP contribution in [0.25, 0.3) is 6.08 Å². The molecule has 0 spiro atoms. The molecular formula is C13H15ClO. The smallest absolute Gasteiger partial charge is 0.142 e. The van der Waals surface area contributed by atoms with E-state index in [0.717, 1.165) is 28.9 Å². The Kier molecular flexibility index (Phi) is 4.57. The molecule has 0 saturated heterocycles. The molecular weight excluding hydrogens is 208 g/mol. The summed E-state index contributed by atoms with van der Waals surface area (Å²) in [6.07, 6.45) is 4.96. The van der Waals surface area contributed by atoms with E-state index >= 15 is 0 Å². The molecule has 0 fully saturated rings. The summed E-state index contributed by atoms with van der Waals surface area (Å²) in [6.45, 7) is 4.33. The van der Waals surface area contributed by atoms with Crippen molar-refractivity contribution in [3.05, 3.63) is 40.4 Å². The molecule has 0 heterocycles. The summed E-state index contributed by atoms with van der Waals surface area (Å²) in [4.78, 5) is 10.2. The minimum absolute atomic E-state index is 0.596. The fraction of sp³-hybridized carbons (Fsp3) is 0.308. The van der Waals surface area contributed by atoms with Gasteiger partial charge in [-0.1, -0.05) is 43.7 Å². The highest BCUT2D eigenvalue weighted by molar-refractivity contribution is 6.31. The number of carbonyl (C=O) groups excluding carboxylic acids is 1. The summed E-state index contributed by atoms with van der Waals surface area (Å²) in [5, 5.41) is 0.775. The molecule has 0 bridgehead atoms. The zero-order valence-electron chi connectivity index (χ0n) is 9.03. The van der Waals surface area contributed by atoms with Crippen LogP contribution in [0.3, 0.4) is 0 Å². The van der Waals surface area contributed by atoms with Crippen molar-refractivity contribution in [2.45, 2.75) is 20.3 Å². The second-order valence-electron chi connectivity index (χ2n) is 3.94. The molecule has 0 N–H and O–H groups in total. The lowest BCUT2D eigenvalue weighted by molar-refractivity contribution is -0.104. The highest BCUT2D eigenvalue weighted by atomic mass is 35.5. The molecule has 1 aromatic rings. The van der Waals surface area contributed by atoms with Crippen LogP contribution in [0.2, 0.25) is 5.02 Å². The zero-order chi connectivity index (χ0) is 11.3. The molecule has 0 saturated carbocycles. The molecule has 80 valence electrons. The van der Waals surface area contributed by atoms with Crippen LogP contribution in [0.1, 0.15) is 25.0 Å². The molecule has 0 aliphatic rings. The van der Waals surface area contributed by atoms with E-state index in [4.69, 9.17) is 11.6 Å². The van der Waals surface area contributed by atoms with Gasteiger partial charge < -0.3 is 0 Å². The van der Waals surface area contributed by atoms with E-state index in [2.05, 4.69) is 13.8 Å². The van der Waals surface area contributed by atoms with E-state index in [9.17, 15) is 4.79 Å². The van der Waals surface area contributed by atoms with E-state index in [-0.39, 0.29) is 0 Å². The molecule has 0 aromatic heterocycles. The molecule has 2 heteroatoms. The summed E-state index contributed by atoms with van der Waals surface area (Å²) in [5.41, 5.74) is 2.12. The Morgan fingerprint density at radius 2 is 2.13 bits per heavy atom. The monoisotopic (exact) mass is 222 g/mol. The first kappa shape index (κ1) is 12.0. The lowest BCUT2D eigenvalue weighted by Crippen LogP contribution is -1.94. The average Bonchev–Trinajstić information content (AvgIpc) is 2.18. The topological polar surface area (TPSA) is 17.1 Å². The van der Waals surface area contributed by atoms with Gasteiger partial charge in [0.15, 0.2) is 0 Å². The van der Waals surface area contributed by atoms with Crippen LogP contribution in [0.15, 0.2) is 24.3 Å². The predicted molar refractivity (Wildman–Crippen MR) is 65.1 cm³/mol. The van der Waals surface area contributed by atoms with Crippen LogP contribution in [-0.2, 0) is 11.2 Å². The third-order valence-electron chi connectivity index (χ3n) is 2.07. The quantitative estimate of drug-likeness (QED) is 0.560. The molecule has 0 aliphatic heterocycles. The van der Waals surface area contributed by atoms with Gasteiger partial charge in [0.05, 0.1) is 0 Å². The number of halogens is 1. The van der Waals surface area contributed by atoms with Gasteiger partial charge in [-0.2, -0.15) is 0 Å². The first-order valence-electron chi connectivity index (χ1n) is 5.03. The van der Waals surface area contributed by atoms with Crippen molar-refractivity contribution in [1.29, 1.82) is 0 Å². The van der Waals surface area contributed by atoms with E-state index in [1.54, 1.807) is 6.08 Å². The Labute approximate surface area is 95.8 Å². The van der Waals surface area contributed by atoms with Crippen molar-refractivity contribution < 1.29 is 4.79 Å². The molecule has 1 aromatic carbocycles. The minimum atomic E-state index is 0.596. The van der Waals surface area contributed by atoms with E-state index in [0.29, 0.717) is 5.92 Å². The number of benzene rings is 1. The van der Waals surface area contributed by atoms with Gasteiger partial charge in [0.2, 0.25) is 0 Å².